The SMILES string of the molecule is CC(C)[Si](c1cccc2ccc(-c3ccccn3)nc12)C(C)C. The lowest BCUT2D eigenvalue weighted by molar-refractivity contribution is 0.951. The number of para-hydroxylation sites is 1. The Bertz CT molecular complexity index is 789. The molecule has 0 bridgehead atoms. The number of fused-ring (bicyclic) bond motifs is 1. The smallest absolute Gasteiger partial charge is 0.0939 e. The highest BCUT2D eigenvalue weighted by Crippen LogP contribution is 2.24. The maximum absolute atomic E-state index is 4.99. The molecule has 0 N–H and O–H groups in total. The van der Waals surface area contributed by atoms with Gasteiger partial charge in [-0.2, -0.15) is 0 Å². The first-order chi connectivity index (χ1) is 11.1. The molecular formula is C20H23N2Si. The third-order valence-corrected chi connectivity index (χ3v) is 7.72. The summed E-state index contributed by atoms with van der Waals surface area (Å²) in [7, 11) is -0.662. The van der Waals surface area contributed by atoms with Crippen molar-refractivity contribution in [1.82, 2.24) is 9.97 Å². The highest BCUT2D eigenvalue weighted by Gasteiger charge is 2.24. The Kier molecular flexibility index (Phi) is 4.58. The minimum absolute atomic E-state index is 0.662. The number of benzene rings is 1. The largest absolute Gasteiger partial charge is 0.255 e. The van der Waals surface area contributed by atoms with Crippen LogP contribution in [0, 0.1) is 0 Å². The summed E-state index contributed by atoms with van der Waals surface area (Å²) in [5.74, 6) is 0. The van der Waals surface area contributed by atoms with Gasteiger partial charge in [0.05, 0.1) is 25.7 Å². The van der Waals surface area contributed by atoms with E-state index in [0.29, 0.717) is 11.1 Å². The molecular weight excluding hydrogens is 296 g/mol. The van der Waals surface area contributed by atoms with Crippen molar-refractivity contribution in [3.8, 4) is 11.4 Å². The van der Waals surface area contributed by atoms with Crippen molar-refractivity contribution in [2.75, 3.05) is 0 Å². The maximum Gasteiger partial charge on any atom is 0.0939 e. The number of pyridine rings is 2. The van der Waals surface area contributed by atoms with Crippen LogP contribution in [0.15, 0.2) is 54.7 Å². The molecule has 0 saturated carbocycles. The number of hydrogen-bond donors (Lipinski definition) is 0. The Morgan fingerprint density at radius 3 is 2.22 bits per heavy atom. The summed E-state index contributed by atoms with van der Waals surface area (Å²) >= 11 is 0. The van der Waals surface area contributed by atoms with Crippen molar-refractivity contribution in [3.05, 3.63) is 54.7 Å². The Labute approximate surface area is 140 Å². The molecule has 0 unspecified atom stereocenters. The predicted molar refractivity (Wildman–Crippen MR) is 101 cm³/mol. The first-order valence-corrected chi connectivity index (χ1v) is 9.91. The van der Waals surface area contributed by atoms with Crippen LogP contribution >= 0.6 is 0 Å². The zero-order valence-electron chi connectivity index (χ0n) is 14.2. The van der Waals surface area contributed by atoms with E-state index >= 15 is 0 Å². The summed E-state index contributed by atoms with van der Waals surface area (Å²) in [6, 6.07) is 16.8. The molecule has 3 heteroatoms. The van der Waals surface area contributed by atoms with E-state index < -0.39 is 8.80 Å². The fourth-order valence-electron chi connectivity index (χ4n) is 3.33. The van der Waals surface area contributed by atoms with Gasteiger partial charge in [-0.15, -0.1) is 0 Å². The molecule has 0 amide bonds. The van der Waals surface area contributed by atoms with Crippen molar-refractivity contribution >= 4 is 24.9 Å². The van der Waals surface area contributed by atoms with Crippen molar-refractivity contribution in [2.24, 2.45) is 0 Å². The van der Waals surface area contributed by atoms with Crippen LogP contribution in [0.25, 0.3) is 22.3 Å². The van der Waals surface area contributed by atoms with Crippen molar-refractivity contribution in [1.29, 1.82) is 0 Å². The van der Waals surface area contributed by atoms with Crippen LogP contribution in [0.3, 0.4) is 0 Å². The molecule has 0 aliphatic carbocycles. The lowest BCUT2D eigenvalue weighted by Crippen LogP contribution is -2.36. The van der Waals surface area contributed by atoms with Crippen molar-refractivity contribution < 1.29 is 0 Å². The summed E-state index contributed by atoms with van der Waals surface area (Å²) in [6.07, 6.45) is 1.82. The normalized spacial score (nSPS) is 11.8. The van der Waals surface area contributed by atoms with Gasteiger partial charge < -0.3 is 0 Å². The van der Waals surface area contributed by atoms with Gasteiger partial charge in [0.2, 0.25) is 0 Å². The van der Waals surface area contributed by atoms with E-state index in [0.717, 1.165) is 16.9 Å². The number of hydrogen-bond acceptors (Lipinski definition) is 2. The Balaban J connectivity index is 2.19. The lowest BCUT2D eigenvalue weighted by Gasteiger charge is -2.24. The summed E-state index contributed by atoms with van der Waals surface area (Å²) < 4.78 is 0. The Morgan fingerprint density at radius 2 is 1.57 bits per heavy atom. The van der Waals surface area contributed by atoms with Gasteiger partial charge in [0.15, 0.2) is 0 Å². The molecule has 2 aromatic heterocycles. The van der Waals surface area contributed by atoms with Crippen molar-refractivity contribution in [3.63, 3.8) is 0 Å². The van der Waals surface area contributed by atoms with Gasteiger partial charge in [-0.05, 0) is 34.5 Å². The Morgan fingerprint density at radius 1 is 0.783 bits per heavy atom. The molecule has 2 nitrogen and oxygen atoms in total. The van der Waals surface area contributed by atoms with Gasteiger partial charge >= 0.3 is 0 Å². The molecule has 0 saturated heterocycles. The van der Waals surface area contributed by atoms with Crippen LogP contribution < -0.4 is 5.19 Å². The van der Waals surface area contributed by atoms with Crippen LogP contribution in [0.4, 0.5) is 0 Å². The van der Waals surface area contributed by atoms with E-state index in [4.69, 9.17) is 4.98 Å². The molecule has 0 spiro atoms. The van der Waals surface area contributed by atoms with Gasteiger partial charge in [0, 0.05) is 11.6 Å². The van der Waals surface area contributed by atoms with Crippen LogP contribution in [0.5, 0.6) is 0 Å². The van der Waals surface area contributed by atoms with E-state index in [1.807, 2.05) is 24.4 Å². The van der Waals surface area contributed by atoms with E-state index in [1.54, 1.807) is 0 Å². The van der Waals surface area contributed by atoms with Gasteiger partial charge in [0.25, 0.3) is 0 Å². The molecule has 0 aliphatic heterocycles. The molecule has 3 rings (SSSR count). The van der Waals surface area contributed by atoms with E-state index in [-0.39, 0.29) is 0 Å². The first-order valence-electron chi connectivity index (χ1n) is 8.26. The predicted octanol–water partition coefficient (Wildman–Crippen LogP) is 4.82. The van der Waals surface area contributed by atoms with Gasteiger partial charge in [-0.25, -0.2) is 4.98 Å². The van der Waals surface area contributed by atoms with E-state index in [1.165, 1.54) is 10.6 Å². The molecule has 2 heterocycles. The lowest BCUT2D eigenvalue weighted by atomic mass is 10.1. The topological polar surface area (TPSA) is 25.8 Å². The second-order valence-electron chi connectivity index (χ2n) is 6.55. The van der Waals surface area contributed by atoms with Crippen LogP contribution in [-0.4, -0.2) is 18.8 Å². The number of rotatable bonds is 4. The average molecular weight is 320 g/mol. The zero-order chi connectivity index (χ0) is 16.4. The highest BCUT2D eigenvalue weighted by atomic mass is 28.3. The molecule has 0 atom stereocenters. The zero-order valence-corrected chi connectivity index (χ0v) is 15.2. The average Bonchev–Trinajstić information content (AvgIpc) is 2.55. The van der Waals surface area contributed by atoms with Crippen LogP contribution in [0.1, 0.15) is 27.7 Å². The Hall–Kier alpha value is -2.00. The van der Waals surface area contributed by atoms with E-state index in [9.17, 15) is 0 Å². The van der Waals surface area contributed by atoms with E-state index in [2.05, 4.69) is 63.0 Å². The maximum atomic E-state index is 4.99. The monoisotopic (exact) mass is 319 g/mol. The van der Waals surface area contributed by atoms with Gasteiger partial charge in [-0.3, -0.25) is 4.98 Å². The molecule has 0 aliphatic rings. The third kappa shape index (κ3) is 3.20. The summed E-state index contributed by atoms with van der Waals surface area (Å²) in [5, 5.41) is 2.68. The molecule has 3 aromatic rings. The fourth-order valence-corrected chi connectivity index (χ4v) is 6.67. The minimum atomic E-state index is -0.662. The third-order valence-electron chi connectivity index (χ3n) is 4.20. The molecule has 1 radical (unpaired) electrons. The van der Waals surface area contributed by atoms with Gasteiger partial charge in [0.1, 0.15) is 0 Å². The van der Waals surface area contributed by atoms with Crippen LogP contribution in [-0.2, 0) is 0 Å². The highest BCUT2D eigenvalue weighted by molar-refractivity contribution is 6.77. The minimum Gasteiger partial charge on any atom is -0.255 e. The second kappa shape index (κ2) is 6.63. The molecule has 1 aromatic carbocycles. The summed E-state index contributed by atoms with van der Waals surface area (Å²) in [5.41, 5.74) is 4.43. The standard InChI is InChI=1S/C20H23N2Si/c1-14(2)23(15(3)4)19-10-7-8-16-11-12-18(22-20(16)19)17-9-5-6-13-21-17/h5-15H,1-4H3. The second-order valence-corrected chi connectivity index (χ2v) is 10.3. The number of aromatic nitrogens is 2. The van der Waals surface area contributed by atoms with Crippen LogP contribution in [0.2, 0.25) is 11.1 Å². The molecule has 117 valence electrons. The molecule has 23 heavy (non-hydrogen) atoms. The van der Waals surface area contributed by atoms with Gasteiger partial charge in [-0.1, -0.05) is 58.0 Å². The first kappa shape index (κ1) is 15.9. The fraction of sp³-hybridized carbons (Fsp3) is 0.300. The number of nitrogens with zero attached hydrogens (tertiary/aromatic N) is 2. The van der Waals surface area contributed by atoms with Crippen molar-refractivity contribution in [2.45, 2.75) is 38.8 Å². The summed E-state index contributed by atoms with van der Waals surface area (Å²) in [6.45, 7) is 9.37. The summed E-state index contributed by atoms with van der Waals surface area (Å²) in [4.78, 5) is 9.44. The molecule has 0 fully saturated rings. The quantitative estimate of drug-likeness (QED) is 0.644.